The van der Waals surface area contributed by atoms with E-state index in [4.69, 9.17) is 9.47 Å². The van der Waals surface area contributed by atoms with Gasteiger partial charge in [-0.3, -0.25) is 4.79 Å². The molecule has 5 heteroatoms. The van der Waals surface area contributed by atoms with Crippen molar-refractivity contribution in [2.75, 3.05) is 26.3 Å². The number of ether oxygens (including phenoxy) is 2. The fraction of sp³-hybridized carbons (Fsp3) is 0.500. The van der Waals surface area contributed by atoms with Crippen molar-refractivity contribution >= 4 is 27.3 Å². The third-order valence-corrected chi connectivity index (χ3v) is 6.16. The first kappa shape index (κ1) is 15.1. The number of likely N-dealkylation sites (tertiary alicyclic amines) is 1. The summed E-state index contributed by atoms with van der Waals surface area (Å²) >= 11 is 1.61. The van der Waals surface area contributed by atoms with E-state index in [9.17, 15) is 4.79 Å². The SMILES string of the molecule is Cc1c(C(=O)N2CCC(C3OCCO3)CC2)sc2ccccc12. The third-order valence-electron chi connectivity index (χ3n) is 4.90. The lowest BCUT2D eigenvalue weighted by atomic mass is 9.96. The van der Waals surface area contributed by atoms with Gasteiger partial charge in [-0.2, -0.15) is 0 Å². The molecule has 2 aliphatic rings. The zero-order chi connectivity index (χ0) is 15.8. The number of hydrogen-bond acceptors (Lipinski definition) is 4. The summed E-state index contributed by atoms with van der Waals surface area (Å²) in [5.41, 5.74) is 1.11. The molecule has 0 radical (unpaired) electrons. The Labute approximate surface area is 140 Å². The van der Waals surface area contributed by atoms with E-state index in [0.29, 0.717) is 19.1 Å². The van der Waals surface area contributed by atoms with Crippen LogP contribution in [0, 0.1) is 12.8 Å². The number of nitrogens with zero attached hydrogens (tertiary/aromatic N) is 1. The van der Waals surface area contributed by atoms with Crippen LogP contribution in [0.2, 0.25) is 0 Å². The predicted octanol–water partition coefficient (Wildman–Crippen LogP) is 3.43. The standard InChI is InChI=1S/C18H21NO3S/c1-12-14-4-2-3-5-15(14)23-16(12)17(20)19-8-6-13(7-9-19)18-21-10-11-22-18/h2-5,13,18H,6-11H2,1H3. The van der Waals surface area contributed by atoms with Gasteiger partial charge in [-0.25, -0.2) is 0 Å². The Hall–Kier alpha value is -1.43. The molecule has 1 aromatic heterocycles. The monoisotopic (exact) mass is 331 g/mol. The molecule has 3 heterocycles. The topological polar surface area (TPSA) is 38.8 Å². The van der Waals surface area contributed by atoms with Gasteiger partial charge in [0.15, 0.2) is 6.29 Å². The second-order valence-corrected chi connectivity index (χ2v) is 7.34. The molecule has 4 nitrogen and oxygen atoms in total. The molecule has 0 N–H and O–H groups in total. The fourth-order valence-electron chi connectivity index (χ4n) is 3.55. The van der Waals surface area contributed by atoms with E-state index >= 15 is 0 Å². The van der Waals surface area contributed by atoms with Gasteiger partial charge in [0.2, 0.25) is 0 Å². The van der Waals surface area contributed by atoms with E-state index in [0.717, 1.165) is 36.4 Å². The molecular formula is C18H21NO3S. The fourth-order valence-corrected chi connectivity index (χ4v) is 4.72. The Kier molecular flexibility index (Phi) is 4.09. The number of rotatable bonds is 2. The highest BCUT2D eigenvalue weighted by atomic mass is 32.1. The molecule has 0 atom stereocenters. The van der Waals surface area contributed by atoms with Gasteiger partial charge in [-0.15, -0.1) is 11.3 Å². The lowest BCUT2D eigenvalue weighted by Gasteiger charge is -2.33. The molecule has 122 valence electrons. The van der Waals surface area contributed by atoms with Crippen molar-refractivity contribution in [3.05, 3.63) is 34.7 Å². The average Bonchev–Trinajstić information content (AvgIpc) is 3.23. The largest absolute Gasteiger partial charge is 0.350 e. The number of thiophene rings is 1. The zero-order valence-electron chi connectivity index (χ0n) is 13.3. The summed E-state index contributed by atoms with van der Waals surface area (Å²) in [6.07, 6.45) is 1.86. The van der Waals surface area contributed by atoms with Gasteiger partial charge in [0.25, 0.3) is 5.91 Å². The number of carbonyl (C=O) groups excluding carboxylic acids is 1. The minimum absolute atomic E-state index is 0.0571. The van der Waals surface area contributed by atoms with Gasteiger partial charge in [0.1, 0.15) is 0 Å². The first-order valence-electron chi connectivity index (χ1n) is 8.24. The Bertz CT molecular complexity index is 712. The maximum absolute atomic E-state index is 12.9. The first-order valence-corrected chi connectivity index (χ1v) is 9.06. The van der Waals surface area contributed by atoms with Crippen LogP contribution in [0.1, 0.15) is 28.1 Å². The maximum atomic E-state index is 12.9. The summed E-state index contributed by atoms with van der Waals surface area (Å²) in [6.45, 7) is 5.04. The molecule has 0 saturated carbocycles. The van der Waals surface area contributed by atoms with E-state index in [1.54, 1.807) is 11.3 Å². The van der Waals surface area contributed by atoms with Gasteiger partial charge in [0.05, 0.1) is 18.1 Å². The highest BCUT2D eigenvalue weighted by molar-refractivity contribution is 7.21. The first-order chi connectivity index (χ1) is 11.2. The van der Waals surface area contributed by atoms with Gasteiger partial charge in [0, 0.05) is 23.7 Å². The summed E-state index contributed by atoms with van der Waals surface area (Å²) in [7, 11) is 0. The van der Waals surface area contributed by atoms with Crippen LogP contribution < -0.4 is 0 Å². The minimum Gasteiger partial charge on any atom is -0.350 e. The number of carbonyl (C=O) groups is 1. The summed E-state index contributed by atoms with van der Waals surface area (Å²) in [6, 6.07) is 8.24. The van der Waals surface area contributed by atoms with E-state index < -0.39 is 0 Å². The Morgan fingerprint density at radius 1 is 1.17 bits per heavy atom. The number of fused-ring (bicyclic) bond motifs is 1. The lowest BCUT2D eigenvalue weighted by molar-refractivity contribution is -0.0956. The third kappa shape index (κ3) is 2.77. The van der Waals surface area contributed by atoms with Crippen molar-refractivity contribution in [1.82, 2.24) is 4.90 Å². The summed E-state index contributed by atoms with van der Waals surface area (Å²) < 4.78 is 12.4. The Morgan fingerprint density at radius 3 is 2.57 bits per heavy atom. The predicted molar refractivity (Wildman–Crippen MR) is 90.9 cm³/mol. The molecule has 4 rings (SSSR count). The highest BCUT2D eigenvalue weighted by Gasteiger charge is 2.32. The van der Waals surface area contributed by atoms with Crippen molar-refractivity contribution in [2.45, 2.75) is 26.1 Å². The van der Waals surface area contributed by atoms with Gasteiger partial charge in [-0.1, -0.05) is 18.2 Å². The normalized spacial score (nSPS) is 20.5. The maximum Gasteiger partial charge on any atom is 0.264 e. The number of amides is 1. The van der Waals surface area contributed by atoms with Crippen LogP contribution >= 0.6 is 11.3 Å². The summed E-state index contributed by atoms with van der Waals surface area (Å²) in [5, 5.41) is 1.20. The quantitative estimate of drug-likeness (QED) is 0.846. The van der Waals surface area contributed by atoms with Crippen LogP contribution in [0.15, 0.2) is 24.3 Å². The second kappa shape index (κ2) is 6.23. The van der Waals surface area contributed by atoms with E-state index in [-0.39, 0.29) is 12.2 Å². The summed E-state index contributed by atoms with van der Waals surface area (Å²) in [5.74, 6) is 0.598. The Morgan fingerprint density at radius 2 is 1.87 bits per heavy atom. The van der Waals surface area contributed by atoms with Crippen LogP contribution in [0.4, 0.5) is 0 Å². The van der Waals surface area contributed by atoms with E-state index in [2.05, 4.69) is 19.1 Å². The summed E-state index contributed by atoms with van der Waals surface area (Å²) in [4.78, 5) is 15.8. The van der Waals surface area contributed by atoms with Crippen LogP contribution in [-0.2, 0) is 9.47 Å². The molecule has 0 spiro atoms. The molecule has 2 saturated heterocycles. The van der Waals surface area contributed by atoms with Crippen LogP contribution in [0.3, 0.4) is 0 Å². The van der Waals surface area contributed by atoms with Crippen LogP contribution in [-0.4, -0.2) is 43.4 Å². The van der Waals surface area contributed by atoms with Gasteiger partial charge >= 0.3 is 0 Å². The number of aryl methyl sites for hydroxylation is 1. The van der Waals surface area contributed by atoms with Gasteiger partial charge in [-0.05, 0) is 36.8 Å². The van der Waals surface area contributed by atoms with Crippen molar-refractivity contribution in [3.63, 3.8) is 0 Å². The zero-order valence-corrected chi connectivity index (χ0v) is 14.1. The van der Waals surface area contributed by atoms with Gasteiger partial charge < -0.3 is 14.4 Å². The number of hydrogen-bond donors (Lipinski definition) is 0. The number of piperidine rings is 1. The second-order valence-electron chi connectivity index (χ2n) is 6.29. The van der Waals surface area contributed by atoms with Crippen molar-refractivity contribution in [1.29, 1.82) is 0 Å². The Balaban J connectivity index is 1.48. The molecule has 0 unspecified atom stereocenters. The highest BCUT2D eigenvalue weighted by Crippen LogP contribution is 2.33. The van der Waals surface area contributed by atoms with Crippen LogP contribution in [0.25, 0.3) is 10.1 Å². The molecule has 23 heavy (non-hydrogen) atoms. The van der Waals surface area contributed by atoms with Crippen molar-refractivity contribution < 1.29 is 14.3 Å². The molecule has 1 aromatic carbocycles. The van der Waals surface area contributed by atoms with Crippen LogP contribution in [0.5, 0.6) is 0 Å². The molecule has 0 bridgehead atoms. The molecule has 2 aliphatic heterocycles. The number of benzene rings is 1. The molecule has 2 aromatic rings. The molecule has 1 amide bonds. The minimum atomic E-state index is -0.0571. The van der Waals surface area contributed by atoms with E-state index in [1.807, 2.05) is 17.0 Å². The molecular weight excluding hydrogens is 310 g/mol. The van der Waals surface area contributed by atoms with E-state index in [1.165, 1.54) is 10.1 Å². The lowest BCUT2D eigenvalue weighted by Crippen LogP contribution is -2.41. The average molecular weight is 331 g/mol. The molecule has 2 fully saturated rings. The van der Waals surface area contributed by atoms with Crippen molar-refractivity contribution in [3.8, 4) is 0 Å². The molecule has 0 aliphatic carbocycles. The van der Waals surface area contributed by atoms with Crippen molar-refractivity contribution in [2.24, 2.45) is 5.92 Å². The smallest absolute Gasteiger partial charge is 0.264 e.